The van der Waals surface area contributed by atoms with E-state index in [-0.39, 0.29) is 0 Å². The van der Waals surface area contributed by atoms with E-state index in [9.17, 15) is 0 Å². The highest BCUT2D eigenvalue weighted by Gasteiger charge is 2.20. The molecular weight excluding hydrogens is 348 g/mol. The van der Waals surface area contributed by atoms with Gasteiger partial charge in [-0.2, -0.15) is 0 Å². The molecule has 0 heterocycles. The summed E-state index contributed by atoms with van der Waals surface area (Å²) in [4.78, 5) is 0. The molecule has 0 atom stereocenters. The monoisotopic (exact) mass is 370 g/mol. The fourth-order valence-corrected chi connectivity index (χ4v) is 5.15. The predicted molar refractivity (Wildman–Crippen MR) is 125 cm³/mol. The zero-order valence-electron chi connectivity index (χ0n) is 16.8. The number of hydrogen-bond acceptors (Lipinski definition) is 0. The molecular formula is C29H22. The Bertz CT molecular complexity index is 1380. The van der Waals surface area contributed by atoms with E-state index in [4.69, 9.17) is 0 Å². The number of fused-ring (bicyclic) bond motifs is 5. The average Bonchev–Trinajstić information content (AvgIpc) is 3.10. The number of aryl methyl sites for hydroxylation is 2. The molecule has 0 saturated heterocycles. The highest BCUT2D eigenvalue weighted by Crippen LogP contribution is 2.43. The normalized spacial score (nSPS) is 12.3. The number of benzene rings is 5. The van der Waals surface area contributed by atoms with Crippen molar-refractivity contribution in [3.05, 3.63) is 107 Å². The van der Waals surface area contributed by atoms with Crippen LogP contribution in [0, 0.1) is 13.8 Å². The highest BCUT2D eigenvalue weighted by atomic mass is 14.2. The van der Waals surface area contributed by atoms with E-state index in [1.807, 2.05) is 0 Å². The van der Waals surface area contributed by atoms with Crippen molar-refractivity contribution in [2.45, 2.75) is 20.3 Å². The van der Waals surface area contributed by atoms with Crippen molar-refractivity contribution in [1.82, 2.24) is 0 Å². The molecule has 0 bridgehead atoms. The van der Waals surface area contributed by atoms with Gasteiger partial charge in [0.2, 0.25) is 0 Å². The second-order valence-corrected chi connectivity index (χ2v) is 8.30. The molecule has 0 amide bonds. The molecule has 0 N–H and O–H groups in total. The van der Waals surface area contributed by atoms with Gasteiger partial charge in [-0.05, 0) is 80.8 Å². The topological polar surface area (TPSA) is 0 Å². The summed E-state index contributed by atoms with van der Waals surface area (Å²) in [5, 5.41) is 5.38. The summed E-state index contributed by atoms with van der Waals surface area (Å²) in [5.74, 6) is 0. The first-order valence-electron chi connectivity index (χ1n) is 10.3. The summed E-state index contributed by atoms with van der Waals surface area (Å²) >= 11 is 0. The maximum absolute atomic E-state index is 2.42. The van der Waals surface area contributed by atoms with Crippen LogP contribution in [0.4, 0.5) is 0 Å². The van der Waals surface area contributed by atoms with Crippen LogP contribution < -0.4 is 0 Å². The lowest BCUT2D eigenvalue weighted by Crippen LogP contribution is -1.90. The molecule has 138 valence electrons. The third kappa shape index (κ3) is 2.39. The lowest BCUT2D eigenvalue weighted by molar-refractivity contribution is 1.25. The minimum Gasteiger partial charge on any atom is -0.0616 e. The van der Waals surface area contributed by atoms with Crippen LogP contribution >= 0.6 is 0 Å². The summed E-state index contributed by atoms with van der Waals surface area (Å²) in [6, 6.07) is 31.6. The Balaban J connectivity index is 1.65. The van der Waals surface area contributed by atoms with Gasteiger partial charge in [0.25, 0.3) is 0 Å². The second-order valence-electron chi connectivity index (χ2n) is 8.30. The summed E-state index contributed by atoms with van der Waals surface area (Å²) in [6.45, 7) is 4.43. The van der Waals surface area contributed by atoms with Crippen LogP contribution in [0.2, 0.25) is 0 Å². The zero-order valence-corrected chi connectivity index (χ0v) is 16.8. The first-order chi connectivity index (χ1) is 14.2. The first kappa shape index (κ1) is 16.6. The SMILES string of the molecule is Cc1ccc2c(c1)Cc1cc(-c3c4ccccc4c(C)c4ccccc34)ccc1-2. The van der Waals surface area contributed by atoms with Gasteiger partial charge in [-0.1, -0.05) is 90.5 Å². The van der Waals surface area contributed by atoms with Gasteiger partial charge in [0, 0.05) is 0 Å². The van der Waals surface area contributed by atoms with E-state index in [0.29, 0.717) is 0 Å². The van der Waals surface area contributed by atoms with Crippen molar-refractivity contribution in [1.29, 1.82) is 0 Å². The quantitative estimate of drug-likeness (QED) is 0.259. The molecule has 0 aliphatic heterocycles. The average molecular weight is 370 g/mol. The third-order valence-corrected chi connectivity index (χ3v) is 6.53. The predicted octanol–water partition coefficient (Wildman–Crippen LogP) is 7.85. The van der Waals surface area contributed by atoms with Crippen LogP contribution in [-0.2, 0) is 6.42 Å². The van der Waals surface area contributed by atoms with E-state index in [1.54, 1.807) is 0 Å². The molecule has 5 aromatic rings. The van der Waals surface area contributed by atoms with E-state index >= 15 is 0 Å². The minimum atomic E-state index is 1.03. The van der Waals surface area contributed by atoms with E-state index < -0.39 is 0 Å². The van der Waals surface area contributed by atoms with Gasteiger partial charge in [0.1, 0.15) is 0 Å². The Kier molecular flexibility index (Phi) is 3.46. The van der Waals surface area contributed by atoms with Crippen LogP contribution in [0.25, 0.3) is 43.8 Å². The molecule has 0 radical (unpaired) electrons. The number of rotatable bonds is 1. The molecule has 1 aliphatic rings. The van der Waals surface area contributed by atoms with Gasteiger partial charge < -0.3 is 0 Å². The molecule has 1 aliphatic carbocycles. The molecule has 0 nitrogen and oxygen atoms in total. The van der Waals surface area contributed by atoms with Crippen LogP contribution in [-0.4, -0.2) is 0 Å². The lowest BCUT2D eigenvalue weighted by Gasteiger charge is -2.16. The number of hydrogen-bond donors (Lipinski definition) is 0. The van der Waals surface area contributed by atoms with Crippen LogP contribution in [0.5, 0.6) is 0 Å². The van der Waals surface area contributed by atoms with Crippen molar-refractivity contribution in [3.63, 3.8) is 0 Å². The molecule has 29 heavy (non-hydrogen) atoms. The van der Waals surface area contributed by atoms with E-state index in [2.05, 4.69) is 98.8 Å². The van der Waals surface area contributed by atoms with Gasteiger partial charge in [-0.25, -0.2) is 0 Å². The summed E-state index contributed by atoms with van der Waals surface area (Å²) in [5.41, 5.74) is 11.1. The smallest absolute Gasteiger partial charge is 0.00131 e. The standard InChI is InChI=1S/C29H22/c1-18-11-13-25-21(15-18)17-22-16-20(12-14-26(22)25)29-27-9-5-3-7-23(27)19(2)24-8-4-6-10-28(24)29/h3-16H,17H2,1-2H3. The molecule has 0 saturated carbocycles. The second kappa shape index (κ2) is 6.06. The molecule has 0 aromatic heterocycles. The summed E-state index contributed by atoms with van der Waals surface area (Å²) in [6.07, 6.45) is 1.03. The van der Waals surface area contributed by atoms with Crippen molar-refractivity contribution < 1.29 is 0 Å². The Hall–Kier alpha value is -3.38. The van der Waals surface area contributed by atoms with Crippen molar-refractivity contribution in [2.75, 3.05) is 0 Å². The zero-order chi connectivity index (χ0) is 19.5. The van der Waals surface area contributed by atoms with Gasteiger partial charge in [-0.15, -0.1) is 0 Å². The molecule has 0 heteroatoms. The lowest BCUT2D eigenvalue weighted by atomic mass is 9.88. The maximum Gasteiger partial charge on any atom is -0.00131 e. The van der Waals surface area contributed by atoms with Gasteiger partial charge in [0.15, 0.2) is 0 Å². The van der Waals surface area contributed by atoms with E-state index in [1.165, 1.54) is 66.1 Å². The Labute approximate surface area is 171 Å². The summed E-state index contributed by atoms with van der Waals surface area (Å²) in [7, 11) is 0. The molecule has 0 spiro atoms. The maximum atomic E-state index is 2.42. The first-order valence-corrected chi connectivity index (χ1v) is 10.3. The largest absolute Gasteiger partial charge is 0.0616 e. The Morgan fingerprint density at radius 1 is 0.552 bits per heavy atom. The highest BCUT2D eigenvalue weighted by molar-refractivity contribution is 6.15. The van der Waals surface area contributed by atoms with Crippen molar-refractivity contribution >= 4 is 21.5 Å². The van der Waals surface area contributed by atoms with E-state index in [0.717, 1.165) is 6.42 Å². The Morgan fingerprint density at radius 3 is 1.76 bits per heavy atom. The van der Waals surface area contributed by atoms with Gasteiger partial charge >= 0.3 is 0 Å². The molecule has 0 unspecified atom stereocenters. The van der Waals surface area contributed by atoms with Crippen molar-refractivity contribution in [2.24, 2.45) is 0 Å². The van der Waals surface area contributed by atoms with Crippen LogP contribution in [0.15, 0.2) is 84.9 Å². The fraction of sp³-hybridized carbons (Fsp3) is 0.103. The Morgan fingerprint density at radius 2 is 1.10 bits per heavy atom. The van der Waals surface area contributed by atoms with Crippen molar-refractivity contribution in [3.8, 4) is 22.3 Å². The molecule has 0 fully saturated rings. The molecule has 5 aromatic carbocycles. The summed E-state index contributed by atoms with van der Waals surface area (Å²) < 4.78 is 0. The third-order valence-electron chi connectivity index (χ3n) is 6.53. The minimum absolute atomic E-state index is 1.03. The van der Waals surface area contributed by atoms with Crippen LogP contribution in [0.1, 0.15) is 22.3 Å². The molecule has 6 rings (SSSR count). The van der Waals surface area contributed by atoms with Crippen LogP contribution in [0.3, 0.4) is 0 Å². The van der Waals surface area contributed by atoms with Gasteiger partial charge in [0.05, 0.1) is 0 Å². The van der Waals surface area contributed by atoms with Gasteiger partial charge in [-0.3, -0.25) is 0 Å². The fourth-order valence-electron chi connectivity index (χ4n) is 5.15.